The molecule has 1 aliphatic carbocycles. The van der Waals surface area contributed by atoms with Gasteiger partial charge in [0.05, 0.1) is 0 Å². The number of rotatable bonds is 1. The van der Waals surface area contributed by atoms with Gasteiger partial charge in [0.1, 0.15) is 19.0 Å². The molecule has 3 rings (SSSR count). The van der Waals surface area contributed by atoms with Gasteiger partial charge in [-0.3, -0.25) is 0 Å². The number of phenolic OH excluding ortho intramolecular Hbond substituents is 1. The zero-order chi connectivity index (χ0) is 12.6. The fraction of sp³-hybridized carbons (Fsp3) is 0.571. The number of phenols is 1. The molecule has 4 nitrogen and oxygen atoms in total. The first kappa shape index (κ1) is 11.7. The van der Waals surface area contributed by atoms with Crippen molar-refractivity contribution in [1.29, 1.82) is 0 Å². The van der Waals surface area contributed by atoms with Crippen LogP contribution < -0.4 is 15.2 Å². The van der Waals surface area contributed by atoms with E-state index < -0.39 is 0 Å². The topological polar surface area (TPSA) is 64.7 Å². The van der Waals surface area contributed by atoms with E-state index in [-0.39, 0.29) is 11.3 Å². The molecule has 1 aromatic carbocycles. The molecular formula is C14H19NO3. The van der Waals surface area contributed by atoms with Crippen molar-refractivity contribution in [1.82, 2.24) is 0 Å². The zero-order valence-electron chi connectivity index (χ0n) is 10.4. The smallest absolute Gasteiger partial charge is 0.166 e. The van der Waals surface area contributed by atoms with Crippen molar-refractivity contribution in [3.63, 3.8) is 0 Å². The van der Waals surface area contributed by atoms with Gasteiger partial charge in [0, 0.05) is 17.2 Å². The molecule has 2 aliphatic rings. The number of hydrogen-bond acceptors (Lipinski definition) is 4. The van der Waals surface area contributed by atoms with Gasteiger partial charge < -0.3 is 20.3 Å². The Kier molecular flexibility index (Phi) is 2.82. The molecule has 0 unspecified atom stereocenters. The van der Waals surface area contributed by atoms with Gasteiger partial charge in [-0.05, 0) is 18.9 Å². The molecule has 0 bridgehead atoms. The van der Waals surface area contributed by atoms with E-state index in [4.69, 9.17) is 15.2 Å². The van der Waals surface area contributed by atoms with E-state index in [0.29, 0.717) is 19.0 Å². The zero-order valence-corrected chi connectivity index (χ0v) is 10.4. The highest BCUT2D eigenvalue weighted by Crippen LogP contribution is 2.46. The van der Waals surface area contributed by atoms with Gasteiger partial charge >= 0.3 is 0 Å². The lowest BCUT2D eigenvalue weighted by Gasteiger charge is -2.36. The molecule has 3 N–H and O–H groups in total. The Labute approximate surface area is 107 Å². The number of benzene rings is 1. The van der Waals surface area contributed by atoms with Crippen LogP contribution in [0, 0.1) is 0 Å². The minimum absolute atomic E-state index is 0.199. The fourth-order valence-electron chi connectivity index (χ4n) is 2.96. The minimum atomic E-state index is -0.387. The number of aromatic hydroxyl groups is 1. The van der Waals surface area contributed by atoms with Crippen LogP contribution in [0.4, 0.5) is 0 Å². The van der Waals surface area contributed by atoms with E-state index in [0.717, 1.165) is 37.0 Å². The summed E-state index contributed by atoms with van der Waals surface area (Å²) in [6.45, 7) is 1.06. The van der Waals surface area contributed by atoms with E-state index in [1.807, 2.05) is 0 Å². The van der Waals surface area contributed by atoms with Crippen LogP contribution in [0.1, 0.15) is 37.7 Å². The minimum Gasteiger partial charge on any atom is -0.508 e. The van der Waals surface area contributed by atoms with Gasteiger partial charge in [-0.2, -0.15) is 0 Å². The van der Waals surface area contributed by atoms with E-state index in [9.17, 15) is 5.11 Å². The van der Waals surface area contributed by atoms with Gasteiger partial charge in [0.2, 0.25) is 0 Å². The van der Waals surface area contributed by atoms with Crippen molar-refractivity contribution in [2.45, 2.75) is 37.6 Å². The van der Waals surface area contributed by atoms with E-state index >= 15 is 0 Å². The highest BCUT2D eigenvalue weighted by molar-refractivity contribution is 5.54. The highest BCUT2D eigenvalue weighted by Gasteiger charge is 2.34. The van der Waals surface area contributed by atoms with Crippen molar-refractivity contribution >= 4 is 0 Å². The second-order valence-corrected chi connectivity index (χ2v) is 5.23. The maximum Gasteiger partial charge on any atom is 0.166 e. The maximum absolute atomic E-state index is 9.82. The molecule has 18 heavy (non-hydrogen) atoms. The fourth-order valence-corrected chi connectivity index (χ4v) is 2.96. The van der Waals surface area contributed by atoms with Crippen LogP contribution in [-0.4, -0.2) is 18.3 Å². The van der Waals surface area contributed by atoms with Crippen molar-refractivity contribution in [2.24, 2.45) is 5.73 Å². The molecule has 1 aromatic rings. The Morgan fingerprint density at radius 2 is 1.78 bits per heavy atom. The second kappa shape index (κ2) is 4.35. The maximum atomic E-state index is 9.82. The van der Waals surface area contributed by atoms with Crippen molar-refractivity contribution in [3.05, 3.63) is 17.7 Å². The Bertz CT molecular complexity index is 453. The largest absolute Gasteiger partial charge is 0.508 e. The monoisotopic (exact) mass is 249 g/mol. The van der Waals surface area contributed by atoms with Gasteiger partial charge in [0.25, 0.3) is 0 Å². The van der Waals surface area contributed by atoms with Crippen LogP contribution in [0.3, 0.4) is 0 Å². The van der Waals surface area contributed by atoms with E-state index in [1.165, 1.54) is 6.42 Å². The third-order valence-electron chi connectivity index (χ3n) is 3.91. The first-order valence-electron chi connectivity index (χ1n) is 6.61. The molecule has 0 atom stereocenters. The van der Waals surface area contributed by atoms with Crippen LogP contribution in [0.15, 0.2) is 12.1 Å². The number of fused-ring (bicyclic) bond motifs is 1. The average Bonchev–Trinajstić information content (AvgIpc) is 2.38. The Hall–Kier alpha value is -1.42. The summed E-state index contributed by atoms with van der Waals surface area (Å²) >= 11 is 0. The standard InChI is InChI=1S/C14H19NO3/c15-14(4-2-1-3-5-14)11-8-10(16)9-12-13(11)18-7-6-17-12/h8-9,16H,1-7,15H2. The van der Waals surface area contributed by atoms with Gasteiger partial charge in [-0.25, -0.2) is 0 Å². The van der Waals surface area contributed by atoms with Crippen LogP contribution in [0.25, 0.3) is 0 Å². The van der Waals surface area contributed by atoms with Crippen molar-refractivity contribution in [2.75, 3.05) is 13.2 Å². The quantitative estimate of drug-likeness (QED) is 0.801. The van der Waals surface area contributed by atoms with Crippen molar-refractivity contribution < 1.29 is 14.6 Å². The van der Waals surface area contributed by atoms with Gasteiger partial charge in [-0.15, -0.1) is 0 Å². The summed E-state index contributed by atoms with van der Waals surface area (Å²) in [5.41, 5.74) is 7.04. The number of ether oxygens (including phenoxy) is 2. The number of hydrogen-bond donors (Lipinski definition) is 2. The SMILES string of the molecule is NC1(c2cc(O)cc3c2OCCO3)CCCCC1. The molecule has 4 heteroatoms. The molecule has 0 aromatic heterocycles. The summed E-state index contributed by atoms with van der Waals surface area (Å²) in [5.74, 6) is 1.54. The first-order valence-corrected chi connectivity index (χ1v) is 6.61. The Morgan fingerprint density at radius 3 is 2.56 bits per heavy atom. The third kappa shape index (κ3) is 1.90. The molecule has 1 fully saturated rings. The first-order chi connectivity index (χ1) is 8.69. The normalized spacial score (nSPS) is 21.6. The molecule has 1 aliphatic heterocycles. The van der Waals surface area contributed by atoms with Crippen LogP contribution in [-0.2, 0) is 5.54 Å². The van der Waals surface area contributed by atoms with E-state index in [1.54, 1.807) is 12.1 Å². The predicted molar refractivity (Wildman–Crippen MR) is 68.0 cm³/mol. The third-order valence-corrected chi connectivity index (χ3v) is 3.91. The molecule has 0 amide bonds. The van der Waals surface area contributed by atoms with Crippen LogP contribution in [0.2, 0.25) is 0 Å². The molecular weight excluding hydrogens is 230 g/mol. The lowest BCUT2D eigenvalue weighted by Crippen LogP contribution is -2.39. The molecule has 98 valence electrons. The molecule has 1 heterocycles. The second-order valence-electron chi connectivity index (χ2n) is 5.23. The van der Waals surface area contributed by atoms with Crippen LogP contribution >= 0.6 is 0 Å². The van der Waals surface area contributed by atoms with Gasteiger partial charge in [-0.1, -0.05) is 19.3 Å². The van der Waals surface area contributed by atoms with Crippen LogP contribution in [0.5, 0.6) is 17.2 Å². The Balaban J connectivity index is 2.07. The van der Waals surface area contributed by atoms with Gasteiger partial charge in [0.15, 0.2) is 11.5 Å². The van der Waals surface area contributed by atoms with Crippen molar-refractivity contribution in [3.8, 4) is 17.2 Å². The summed E-state index contributed by atoms with van der Waals surface area (Å²) in [4.78, 5) is 0. The Morgan fingerprint density at radius 1 is 1.06 bits per heavy atom. The molecule has 0 spiro atoms. The summed E-state index contributed by atoms with van der Waals surface area (Å²) < 4.78 is 11.3. The summed E-state index contributed by atoms with van der Waals surface area (Å²) in [6.07, 6.45) is 5.36. The summed E-state index contributed by atoms with van der Waals surface area (Å²) in [5, 5.41) is 9.82. The molecule has 0 saturated heterocycles. The molecule has 1 saturated carbocycles. The summed E-state index contributed by atoms with van der Waals surface area (Å²) in [7, 11) is 0. The molecule has 0 radical (unpaired) electrons. The summed E-state index contributed by atoms with van der Waals surface area (Å²) in [6, 6.07) is 3.34. The lowest BCUT2D eigenvalue weighted by atomic mass is 9.77. The average molecular weight is 249 g/mol. The predicted octanol–water partition coefficient (Wildman–Crippen LogP) is 2.28. The van der Waals surface area contributed by atoms with E-state index in [2.05, 4.69) is 0 Å². The lowest BCUT2D eigenvalue weighted by molar-refractivity contribution is 0.163. The highest BCUT2D eigenvalue weighted by atomic mass is 16.6. The number of nitrogens with two attached hydrogens (primary N) is 1.